The quantitative estimate of drug-likeness (QED) is 0.157. The second kappa shape index (κ2) is 11.9. The van der Waals surface area contributed by atoms with Gasteiger partial charge in [0.15, 0.2) is 11.5 Å². The zero-order valence-electron chi connectivity index (χ0n) is 22.1. The monoisotopic (exact) mass is 635 g/mol. The largest absolute Gasteiger partial charge is 0.381 e. The number of hydrogen-bond acceptors (Lipinski definition) is 8. The molecule has 11 nitrogen and oxygen atoms in total. The molecule has 1 aliphatic rings. The standard InChI is InChI=1S/C28H27BrClN9O2/c1-16-11-24(38-37-16)34-25-22-15-32-39(20-7-9-41-10-8-20)26(22)36-28(35-25)31-14-17-5-6-23(30)21(12-17)27(40)33-19-4-2-3-18(29)13-19/h2-6,11-13,15,20H,7-10,14H2,1H3,(H,33,40)(H3,31,34,35,36,37,38). The number of aromatic nitrogens is 6. The van der Waals surface area contributed by atoms with E-state index < -0.39 is 0 Å². The van der Waals surface area contributed by atoms with Gasteiger partial charge in [0.2, 0.25) is 5.95 Å². The van der Waals surface area contributed by atoms with Crippen LogP contribution in [0.1, 0.15) is 40.5 Å². The van der Waals surface area contributed by atoms with Crippen LogP contribution in [-0.4, -0.2) is 49.1 Å². The Labute approximate surface area is 249 Å². The van der Waals surface area contributed by atoms with Crippen molar-refractivity contribution in [1.29, 1.82) is 0 Å². The fourth-order valence-electron chi connectivity index (χ4n) is 4.70. The van der Waals surface area contributed by atoms with E-state index >= 15 is 0 Å². The number of halogens is 2. The smallest absolute Gasteiger partial charge is 0.257 e. The van der Waals surface area contributed by atoms with Gasteiger partial charge in [-0.1, -0.05) is 39.7 Å². The first-order chi connectivity index (χ1) is 19.9. The van der Waals surface area contributed by atoms with Gasteiger partial charge in [0, 0.05) is 41.7 Å². The molecule has 1 saturated heterocycles. The highest BCUT2D eigenvalue weighted by molar-refractivity contribution is 9.10. The lowest BCUT2D eigenvalue weighted by atomic mass is 10.1. The molecule has 6 rings (SSSR count). The number of H-pyrrole nitrogens is 1. The van der Waals surface area contributed by atoms with Gasteiger partial charge in [-0.25, -0.2) is 4.68 Å². The van der Waals surface area contributed by atoms with Gasteiger partial charge in [-0.2, -0.15) is 20.2 Å². The minimum absolute atomic E-state index is 0.187. The molecule has 0 saturated carbocycles. The van der Waals surface area contributed by atoms with Gasteiger partial charge < -0.3 is 20.7 Å². The van der Waals surface area contributed by atoms with Gasteiger partial charge in [-0.3, -0.25) is 9.89 Å². The molecule has 0 unspecified atom stereocenters. The maximum Gasteiger partial charge on any atom is 0.257 e. The number of aromatic amines is 1. The van der Waals surface area contributed by atoms with Crippen molar-refractivity contribution in [2.75, 3.05) is 29.2 Å². The molecule has 1 fully saturated rings. The van der Waals surface area contributed by atoms with E-state index in [9.17, 15) is 4.79 Å². The highest BCUT2D eigenvalue weighted by Crippen LogP contribution is 2.30. The molecule has 2 aromatic carbocycles. The number of aryl methyl sites for hydroxylation is 1. The third-order valence-electron chi connectivity index (χ3n) is 6.75. The zero-order chi connectivity index (χ0) is 28.3. The summed E-state index contributed by atoms with van der Waals surface area (Å²) in [6.45, 7) is 3.68. The molecule has 4 N–H and O–H groups in total. The van der Waals surface area contributed by atoms with Crippen LogP contribution in [0.15, 0.2) is 59.2 Å². The number of nitrogens with one attached hydrogen (secondary N) is 4. The number of ether oxygens (including phenoxy) is 1. The Bertz CT molecular complexity index is 1710. The van der Waals surface area contributed by atoms with Gasteiger partial charge in [-0.05, 0) is 55.7 Å². The highest BCUT2D eigenvalue weighted by Gasteiger charge is 2.22. The van der Waals surface area contributed by atoms with E-state index in [0.29, 0.717) is 59.3 Å². The highest BCUT2D eigenvalue weighted by atomic mass is 79.9. The average molecular weight is 637 g/mol. The molecule has 210 valence electrons. The molecule has 1 aliphatic heterocycles. The summed E-state index contributed by atoms with van der Waals surface area (Å²) in [5.74, 6) is 1.35. The Balaban J connectivity index is 1.26. The molecule has 3 aromatic heterocycles. The van der Waals surface area contributed by atoms with E-state index in [-0.39, 0.29) is 11.9 Å². The third-order valence-corrected chi connectivity index (χ3v) is 7.57. The van der Waals surface area contributed by atoms with Crippen molar-refractivity contribution in [1.82, 2.24) is 29.9 Å². The minimum Gasteiger partial charge on any atom is -0.381 e. The van der Waals surface area contributed by atoms with E-state index in [2.05, 4.69) is 47.2 Å². The molecule has 0 bridgehead atoms. The summed E-state index contributed by atoms with van der Waals surface area (Å²) in [6, 6.07) is 14.8. The molecule has 1 amide bonds. The lowest BCUT2D eigenvalue weighted by molar-refractivity contribution is 0.0673. The first kappa shape index (κ1) is 27.2. The van der Waals surface area contributed by atoms with Crippen LogP contribution in [0.2, 0.25) is 5.02 Å². The first-order valence-electron chi connectivity index (χ1n) is 13.1. The molecule has 41 heavy (non-hydrogen) atoms. The number of anilines is 4. The molecular formula is C28H27BrClN9O2. The van der Waals surface area contributed by atoms with Crippen molar-refractivity contribution in [3.8, 4) is 0 Å². The van der Waals surface area contributed by atoms with E-state index in [1.54, 1.807) is 18.3 Å². The van der Waals surface area contributed by atoms with Crippen molar-refractivity contribution in [2.24, 2.45) is 0 Å². The number of carbonyl (C=O) groups is 1. The van der Waals surface area contributed by atoms with Crippen LogP contribution in [-0.2, 0) is 11.3 Å². The Morgan fingerprint density at radius 1 is 1.17 bits per heavy atom. The van der Waals surface area contributed by atoms with E-state index in [0.717, 1.165) is 34.0 Å². The number of rotatable bonds is 8. The summed E-state index contributed by atoms with van der Waals surface area (Å²) in [5, 5.41) is 22.6. The van der Waals surface area contributed by atoms with Gasteiger partial charge in [0.25, 0.3) is 5.91 Å². The van der Waals surface area contributed by atoms with Crippen LogP contribution in [0.25, 0.3) is 11.0 Å². The van der Waals surface area contributed by atoms with Crippen LogP contribution >= 0.6 is 27.5 Å². The maximum atomic E-state index is 13.0. The summed E-state index contributed by atoms with van der Waals surface area (Å²) >= 11 is 9.82. The fraction of sp³-hybridized carbons (Fsp3) is 0.250. The average Bonchev–Trinajstić information content (AvgIpc) is 3.59. The summed E-state index contributed by atoms with van der Waals surface area (Å²) in [4.78, 5) is 22.6. The topological polar surface area (TPSA) is 135 Å². The lowest BCUT2D eigenvalue weighted by Crippen LogP contribution is -2.21. The van der Waals surface area contributed by atoms with Crippen LogP contribution in [0.5, 0.6) is 0 Å². The Kier molecular flexibility index (Phi) is 7.86. The third kappa shape index (κ3) is 6.19. The molecule has 0 aliphatic carbocycles. The Hall–Kier alpha value is -4.00. The SMILES string of the molecule is Cc1cc(Nc2nc(NCc3ccc(Cl)c(C(=O)Nc4cccc(Br)c4)c3)nc3c2cnn3C2CCOCC2)n[nH]1. The molecule has 13 heteroatoms. The Morgan fingerprint density at radius 3 is 2.80 bits per heavy atom. The molecular weight excluding hydrogens is 610 g/mol. The second-order valence-electron chi connectivity index (χ2n) is 9.76. The predicted molar refractivity (Wildman–Crippen MR) is 162 cm³/mol. The number of nitrogens with zero attached hydrogens (tertiary/aromatic N) is 5. The molecule has 0 radical (unpaired) electrons. The maximum absolute atomic E-state index is 13.0. The van der Waals surface area contributed by atoms with Gasteiger partial charge in [-0.15, -0.1) is 0 Å². The van der Waals surface area contributed by atoms with Gasteiger partial charge in [0.1, 0.15) is 5.82 Å². The zero-order valence-corrected chi connectivity index (χ0v) is 24.5. The normalized spacial score (nSPS) is 13.8. The number of carbonyl (C=O) groups excluding carboxylic acids is 1. The number of amides is 1. The fourth-order valence-corrected chi connectivity index (χ4v) is 5.31. The van der Waals surface area contributed by atoms with Crippen molar-refractivity contribution < 1.29 is 9.53 Å². The molecule has 5 aromatic rings. The van der Waals surface area contributed by atoms with Crippen molar-refractivity contribution >= 4 is 67.7 Å². The Morgan fingerprint density at radius 2 is 2.02 bits per heavy atom. The van der Waals surface area contributed by atoms with Gasteiger partial charge >= 0.3 is 0 Å². The van der Waals surface area contributed by atoms with Crippen LogP contribution in [0.4, 0.5) is 23.3 Å². The van der Waals surface area contributed by atoms with Crippen LogP contribution in [0.3, 0.4) is 0 Å². The molecule has 0 spiro atoms. The number of fused-ring (bicyclic) bond motifs is 1. The summed E-state index contributed by atoms with van der Waals surface area (Å²) in [5.41, 5.74) is 3.52. The lowest BCUT2D eigenvalue weighted by Gasteiger charge is -2.22. The first-order valence-corrected chi connectivity index (χ1v) is 14.3. The summed E-state index contributed by atoms with van der Waals surface area (Å²) in [7, 11) is 0. The van der Waals surface area contributed by atoms with Crippen molar-refractivity contribution in [2.45, 2.75) is 32.4 Å². The number of hydrogen-bond donors (Lipinski definition) is 4. The van der Waals surface area contributed by atoms with Crippen LogP contribution < -0.4 is 16.0 Å². The molecule has 0 atom stereocenters. The second-order valence-corrected chi connectivity index (χ2v) is 11.1. The van der Waals surface area contributed by atoms with Crippen molar-refractivity contribution in [3.05, 3.63) is 81.0 Å². The van der Waals surface area contributed by atoms with Crippen LogP contribution in [0, 0.1) is 6.92 Å². The predicted octanol–water partition coefficient (Wildman–Crippen LogP) is 6.23. The minimum atomic E-state index is -0.297. The van der Waals surface area contributed by atoms with Crippen molar-refractivity contribution in [3.63, 3.8) is 0 Å². The van der Waals surface area contributed by atoms with E-state index in [1.807, 2.05) is 48.0 Å². The summed E-state index contributed by atoms with van der Waals surface area (Å²) in [6.07, 6.45) is 3.51. The van der Waals surface area contributed by atoms with Gasteiger partial charge in [0.05, 0.1) is 28.2 Å². The number of benzene rings is 2. The summed E-state index contributed by atoms with van der Waals surface area (Å²) < 4.78 is 8.37. The molecule has 4 heterocycles. The van der Waals surface area contributed by atoms with E-state index in [4.69, 9.17) is 26.3 Å². The van der Waals surface area contributed by atoms with E-state index in [1.165, 1.54) is 0 Å².